The predicted molar refractivity (Wildman–Crippen MR) is 82.9 cm³/mol. The first-order chi connectivity index (χ1) is 11.8. The molecule has 0 amide bonds. The molecule has 0 aliphatic heterocycles. The highest BCUT2D eigenvalue weighted by atomic mass is 19.4. The molecule has 3 N–H and O–H groups in total. The van der Waals surface area contributed by atoms with Gasteiger partial charge in [0, 0.05) is 25.4 Å². The second kappa shape index (κ2) is 7.83. The summed E-state index contributed by atoms with van der Waals surface area (Å²) in [6.45, 7) is 0.625. The molecule has 0 saturated carbocycles. The Morgan fingerprint density at radius 1 is 1.12 bits per heavy atom. The molecule has 0 radical (unpaired) electrons. The SMILES string of the molecule is COCCOc1cc(Nc2ncc(C(F)(F)F)c(N)n2)cc(OC)n1. The highest BCUT2D eigenvalue weighted by Crippen LogP contribution is 2.32. The van der Waals surface area contributed by atoms with Crippen LogP contribution < -0.4 is 20.5 Å². The van der Waals surface area contributed by atoms with Gasteiger partial charge in [0.15, 0.2) is 0 Å². The van der Waals surface area contributed by atoms with Crippen molar-refractivity contribution in [2.45, 2.75) is 6.18 Å². The normalized spacial score (nSPS) is 11.2. The van der Waals surface area contributed by atoms with Gasteiger partial charge in [-0.25, -0.2) is 4.98 Å². The smallest absolute Gasteiger partial charge is 0.421 e. The van der Waals surface area contributed by atoms with E-state index in [4.69, 9.17) is 19.9 Å². The lowest BCUT2D eigenvalue weighted by Gasteiger charge is -2.12. The van der Waals surface area contributed by atoms with E-state index in [1.54, 1.807) is 0 Å². The number of rotatable bonds is 7. The Kier molecular flexibility index (Phi) is 5.80. The summed E-state index contributed by atoms with van der Waals surface area (Å²) in [4.78, 5) is 11.3. The van der Waals surface area contributed by atoms with E-state index in [0.29, 0.717) is 18.5 Å². The largest absolute Gasteiger partial charge is 0.481 e. The molecule has 0 spiro atoms. The van der Waals surface area contributed by atoms with E-state index in [0.717, 1.165) is 0 Å². The highest BCUT2D eigenvalue weighted by Gasteiger charge is 2.34. The molecule has 0 aliphatic carbocycles. The standard InChI is InChI=1S/C14H16F3N5O3/c1-23-3-4-25-11-6-8(5-10(21-11)24-2)20-13-19-7-9(12(18)22-13)14(15,16)17/h5-7H,3-4H2,1-2H3,(H3,18,19,20,21,22). The van der Waals surface area contributed by atoms with Gasteiger partial charge in [-0.1, -0.05) is 0 Å². The molecule has 2 aromatic heterocycles. The van der Waals surface area contributed by atoms with Crippen LogP contribution >= 0.6 is 0 Å². The molecule has 0 unspecified atom stereocenters. The molecule has 0 bridgehead atoms. The number of hydrogen-bond acceptors (Lipinski definition) is 8. The first kappa shape index (κ1) is 18.5. The number of anilines is 3. The predicted octanol–water partition coefficient (Wildman–Crippen LogP) is 2.25. The molecule has 2 heterocycles. The van der Waals surface area contributed by atoms with Gasteiger partial charge in [-0.2, -0.15) is 23.1 Å². The van der Waals surface area contributed by atoms with Crippen molar-refractivity contribution < 1.29 is 27.4 Å². The Bertz CT molecular complexity index is 727. The third kappa shape index (κ3) is 5.08. The van der Waals surface area contributed by atoms with Crippen molar-refractivity contribution in [1.29, 1.82) is 0 Å². The topological polar surface area (TPSA) is 104 Å². The van der Waals surface area contributed by atoms with E-state index < -0.39 is 17.6 Å². The minimum Gasteiger partial charge on any atom is -0.481 e. The molecule has 2 aromatic rings. The van der Waals surface area contributed by atoms with Crippen molar-refractivity contribution in [2.24, 2.45) is 0 Å². The van der Waals surface area contributed by atoms with E-state index in [1.807, 2.05) is 0 Å². The first-order valence-electron chi connectivity index (χ1n) is 6.98. The van der Waals surface area contributed by atoms with Crippen LogP contribution in [0.15, 0.2) is 18.3 Å². The molecule has 0 atom stereocenters. The second-order valence-corrected chi connectivity index (χ2v) is 4.69. The quantitative estimate of drug-likeness (QED) is 0.726. The van der Waals surface area contributed by atoms with Gasteiger partial charge in [0.05, 0.1) is 19.4 Å². The summed E-state index contributed by atoms with van der Waals surface area (Å²) in [5, 5.41) is 2.73. The Hall–Kier alpha value is -2.82. The number of nitrogens with one attached hydrogen (secondary N) is 1. The van der Waals surface area contributed by atoms with E-state index in [9.17, 15) is 13.2 Å². The monoisotopic (exact) mass is 359 g/mol. The summed E-state index contributed by atoms with van der Waals surface area (Å²) < 4.78 is 53.3. The zero-order valence-electron chi connectivity index (χ0n) is 13.4. The second-order valence-electron chi connectivity index (χ2n) is 4.69. The number of methoxy groups -OCH3 is 2. The van der Waals surface area contributed by atoms with Crippen LogP contribution in [0.5, 0.6) is 11.8 Å². The maximum absolute atomic E-state index is 12.7. The van der Waals surface area contributed by atoms with Crippen LogP contribution in [-0.2, 0) is 10.9 Å². The summed E-state index contributed by atoms with van der Waals surface area (Å²) >= 11 is 0. The number of pyridine rings is 1. The van der Waals surface area contributed by atoms with E-state index in [-0.39, 0.29) is 24.3 Å². The van der Waals surface area contributed by atoms with Crippen molar-refractivity contribution in [3.8, 4) is 11.8 Å². The van der Waals surface area contributed by atoms with Crippen LogP contribution in [0, 0.1) is 0 Å². The number of aromatic nitrogens is 3. The van der Waals surface area contributed by atoms with Crippen molar-refractivity contribution in [3.63, 3.8) is 0 Å². The molecule has 0 aliphatic rings. The fourth-order valence-corrected chi connectivity index (χ4v) is 1.76. The van der Waals surface area contributed by atoms with Crippen molar-refractivity contribution in [3.05, 3.63) is 23.9 Å². The lowest BCUT2D eigenvalue weighted by Crippen LogP contribution is -2.12. The van der Waals surface area contributed by atoms with Gasteiger partial charge in [-0.05, 0) is 0 Å². The van der Waals surface area contributed by atoms with Gasteiger partial charge >= 0.3 is 6.18 Å². The first-order valence-corrected chi connectivity index (χ1v) is 6.98. The van der Waals surface area contributed by atoms with Gasteiger partial charge in [0.25, 0.3) is 0 Å². The van der Waals surface area contributed by atoms with Crippen molar-refractivity contribution >= 4 is 17.5 Å². The Labute approximate surface area is 141 Å². The number of nitrogen functional groups attached to an aromatic ring is 1. The van der Waals surface area contributed by atoms with Crippen molar-refractivity contribution in [2.75, 3.05) is 38.5 Å². The lowest BCUT2D eigenvalue weighted by atomic mass is 10.3. The minimum atomic E-state index is -4.62. The molecule has 136 valence electrons. The summed E-state index contributed by atoms with van der Waals surface area (Å²) in [5.41, 5.74) is 4.64. The van der Waals surface area contributed by atoms with E-state index in [1.165, 1.54) is 26.4 Å². The van der Waals surface area contributed by atoms with Crippen LogP contribution in [0.1, 0.15) is 5.56 Å². The fourth-order valence-electron chi connectivity index (χ4n) is 1.76. The van der Waals surface area contributed by atoms with Gasteiger partial charge < -0.3 is 25.3 Å². The van der Waals surface area contributed by atoms with Crippen LogP contribution in [0.2, 0.25) is 0 Å². The van der Waals surface area contributed by atoms with Crippen LogP contribution in [0.4, 0.5) is 30.6 Å². The van der Waals surface area contributed by atoms with Crippen LogP contribution in [0.25, 0.3) is 0 Å². The minimum absolute atomic E-state index is 0.110. The van der Waals surface area contributed by atoms with Gasteiger partial charge in [0.2, 0.25) is 17.7 Å². The van der Waals surface area contributed by atoms with E-state index in [2.05, 4.69) is 20.3 Å². The number of halogens is 3. The average molecular weight is 359 g/mol. The maximum atomic E-state index is 12.7. The maximum Gasteiger partial charge on any atom is 0.421 e. The number of nitrogens with two attached hydrogens (primary N) is 1. The summed E-state index contributed by atoms with van der Waals surface area (Å²) in [6, 6.07) is 3.01. The number of ether oxygens (including phenoxy) is 3. The summed E-state index contributed by atoms with van der Waals surface area (Å²) in [7, 11) is 2.94. The van der Waals surface area contributed by atoms with Gasteiger partial charge in [-0.3, -0.25) is 0 Å². The van der Waals surface area contributed by atoms with Crippen LogP contribution in [-0.4, -0.2) is 42.4 Å². The average Bonchev–Trinajstić information content (AvgIpc) is 2.53. The molecule has 0 fully saturated rings. The zero-order valence-corrected chi connectivity index (χ0v) is 13.4. The molecular formula is C14H16F3N5O3. The lowest BCUT2D eigenvalue weighted by molar-refractivity contribution is -0.137. The fraction of sp³-hybridized carbons (Fsp3) is 0.357. The third-order valence-corrected chi connectivity index (χ3v) is 2.90. The molecule has 0 aromatic carbocycles. The highest BCUT2D eigenvalue weighted by molar-refractivity contribution is 5.58. The van der Waals surface area contributed by atoms with Gasteiger partial charge in [-0.15, -0.1) is 0 Å². The zero-order chi connectivity index (χ0) is 18.4. The Morgan fingerprint density at radius 2 is 1.84 bits per heavy atom. The number of alkyl halides is 3. The molecule has 8 nitrogen and oxygen atoms in total. The molecular weight excluding hydrogens is 343 g/mol. The Morgan fingerprint density at radius 3 is 2.44 bits per heavy atom. The summed E-state index contributed by atoms with van der Waals surface area (Å²) in [6.07, 6.45) is -4.01. The number of nitrogens with zero attached hydrogens (tertiary/aromatic N) is 3. The van der Waals surface area contributed by atoms with Crippen molar-refractivity contribution in [1.82, 2.24) is 15.0 Å². The van der Waals surface area contributed by atoms with Gasteiger partial charge in [0.1, 0.15) is 18.0 Å². The Balaban J connectivity index is 2.21. The van der Waals surface area contributed by atoms with Crippen LogP contribution in [0.3, 0.4) is 0 Å². The summed E-state index contributed by atoms with van der Waals surface area (Å²) in [5.74, 6) is -0.319. The molecule has 2 rings (SSSR count). The third-order valence-electron chi connectivity index (χ3n) is 2.90. The molecule has 11 heteroatoms. The van der Waals surface area contributed by atoms with E-state index >= 15 is 0 Å². The molecule has 25 heavy (non-hydrogen) atoms. The molecule has 0 saturated heterocycles. The number of hydrogen-bond donors (Lipinski definition) is 2.